The van der Waals surface area contributed by atoms with E-state index in [0.717, 1.165) is 4.90 Å². The zero-order chi connectivity index (χ0) is 28.9. The molecule has 0 radical (unpaired) electrons. The number of halogens is 4. The van der Waals surface area contributed by atoms with Crippen molar-refractivity contribution in [2.24, 2.45) is 13.0 Å². The first kappa shape index (κ1) is 28.4. The Labute approximate surface area is 220 Å². The molecule has 1 fully saturated rings. The number of sulfonamides is 1. The molecule has 2 aromatic rings. The number of carbonyl (C=O) groups excluding carboxylic acids is 3. The van der Waals surface area contributed by atoms with Crippen LogP contribution in [-0.2, 0) is 26.7 Å². The number of benzene rings is 1. The van der Waals surface area contributed by atoms with E-state index >= 15 is 0 Å². The van der Waals surface area contributed by atoms with E-state index in [-0.39, 0.29) is 47.3 Å². The summed E-state index contributed by atoms with van der Waals surface area (Å²) in [4.78, 5) is 38.3. The molecule has 0 unspecified atom stereocenters. The molecular formula is C23H25F4N5O6S. The molecule has 0 spiro atoms. The minimum atomic E-state index is -4.75. The van der Waals surface area contributed by atoms with Crippen molar-refractivity contribution in [2.75, 3.05) is 25.0 Å². The number of ether oxygens (including phenoxy) is 1. The summed E-state index contributed by atoms with van der Waals surface area (Å²) < 4.78 is 87.8. The van der Waals surface area contributed by atoms with Crippen LogP contribution >= 0.6 is 0 Å². The molecule has 3 N–H and O–H groups in total. The highest BCUT2D eigenvalue weighted by molar-refractivity contribution is 7.89. The molecule has 0 aliphatic carbocycles. The van der Waals surface area contributed by atoms with Crippen molar-refractivity contribution in [3.05, 3.63) is 41.5 Å². The topological polar surface area (TPSA) is 139 Å². The van der Waals surface area contributed by atoms with Gasteiger partial charge in [0, 0.05) is 44.0 Å². The van der Waals surface area contributed by atoms with Crippen molar-refractivity contribution in [1.82, 2.24) is 19.5 Å². The lowest BCUT2D eigenvalue weighted by Gasteiger charge is -2.23. The first-order valence-electron chi connectivity index (χ1n) is 11.7. The van der Waals surface area contributed by atoms with Crippen LogP contribution < -0.4 is 20.1 Å². The van der Waals surface area contributed by atoms with E-state index in [1.54, 1.807) is 5.32 Å². The third-order valence-corrected chi connectivity index (χ3v) is 8.02. The number of hydrogen-bond acceptors (Lipinski definition) is 6. The molecule has 3 heterocycles. The van der Waals surface area contributed by atoms with Crippen molar-refractivity contribution < 1.29 is 45.1 Å². The second-order valence-electron chi connectivity index (χ2n) is 9.45. The van der Waals surface area contributed by atoms with E-state index in [0.29, 0.717) is 6.92 Å². The monoisotopic (exact) mass is 575 g/mol. The Hall–Kier alpha value is -3.66. The lowest BCUT2D eigenvalue weighted by atomic mass is 10.1. The van der Waals surface area contributed by atoms with Gasteiger partial charge in [-0.25, -0.2) is 17.5 Å². The van der Waals surface area contributed by atoms with Gasteiger partial charge < -0.3 is 24.8 Å². The minimum Gasteiger partial charge on any atom is -0.489 e. The SMILES string of the molecule is Cc1cc(NC(=O)c2c3c(cn2C)S(=O)(=O)N[C@H]2CN(C(=O)C(=O)N[C@H](C)C(F)(F)F)C[C@@H]2CO3)ccc1F. The summed E-state index contributed by atoms with van der Waals surface area (Å²) in [6, 6.07) is 0.750. The summed E-state index contributed by atoms with van der Waals surface area (Å²) >= 11 is 0. The summed E-state index contributed by atoms with van der Waals surface area (Å²) in [5, 5.41) is 4.16. The number of carbonyl (C=O) groups is 3. The second-order valence-corrected chi connectivity index (χ2v) is 11.1. The predicted octanol–water partition coefficient (Wildman–Crippen LogP) is 1.29. The Morgan fingerprint density at radius 2 is 1.90 bits per heavy atom. The van der Waals surface area contributed by atoms with Crippen LogP contribution in [-0.4, -0.2) is 73.6 Å². The number of hydrogen-bond donors (Lipinski definition) is 3. The summed E-state index contributed by atoms with van der Waals surface area (Å²) in [5.74, 6) is -4.84. The van der Waals surface area contributed by atoms with Gasteiger partial charge >= 0.3 is 18.0 Å². The number of nitrogens with one attached hydrogen (secondary N) is 3. The molecule has 11 nitrogen and oxygen atoms in total. The fourth-order valence-electron chi connectivity index (χ4n) is 4.36. The van der Waals surface area contributed by atoms with Crippen molar-refractivity contribution in [2.45, 2.75) is 37.0 Å². The lowest BCUT2D eigenvalue weighted by Crippen LogP contribution is -2.50. The highest BCUT2D eigenvalue weighted by Gasteiger charge is 2.44. The summed E-state index contributed by atoms with van der Waals surface area (Å²) in [7, 11) is -2.86. The Morgan fingerprint density at radius 1 is 1.21 bits per heavy atom. The maximum atomic E-state index is 13.6. The summed E-state index contributed by atoms with van der Waals surface area (Å²) in [5.41, 5.74) is 0.414. The Kier molecular flexibility index (Phi) is 7.37. The first-order valence-corrected chi connectivity index (χ1v) is 13.1. The lowest BCUT2D eigenvalue weighted by molar-refractivity contribution is -0.162. The third kappa shape index (κ3) is 5.71. The zero-order valence-corrected chi connectivity index (χ0v) is 21.7. The number of nitrogens with zero attached hydrogens (tertiary/aromatic N) is 2. The van der Waals surface area contributed by atoms with Crippen LogP contribution in [0.3, 0.4) is 0 Å². The second kappa shape index (κ2) is 10.1. The molecule has 1 saturated heterocycles. The maximum absolute atomic E-state index is 13.6. The highest BCUT2D eigenvalue weighted by atomic mass is 32.2. The molecular weight excluding hydrogens is 550 g/mol. The van der Waals surface area contributed by atoms with Gasteiger partial charge in [0.15, 0.2) is 11.4 Å². The van der Waals surface area contributed by atoms with Gasteiger partial charge in [-0.1, -0.05) is 0 Å². The van der Waals surface area contributed by atoms with Gasteiger partial charge in [-0.2, -0.15) is 13.2 Å². The fourth-order valence-corrected chi connectivity index (χ4v) is 5.85. The third-order valence-electron chi connectivity index (χ3n) is 6.53. The Bertz CT molecular complexity index is 1440. The highest BCUT2D eigenvalue weighted by Crippen LogP contribution is 2.35. The molecule has 0 saturated carbocycles. The van der Waals surface area contributed by atoms with Crippen molar-refractivity contribution in [1.29, 1.82) is 0 Å². The van der Waals surface area contributed by atoms with E-state index < -0.39 is 57.7 Å². The molecule has 212 valence electrons. The quantitative estimate of drug-likeness (QED) is 0.373. The van der Waals surface area contributed by atoms with Crippen LogP contribution in [0, 0.1) is 18.7 Å². The van der Waals surface area contributed by atoms with E-state index in [9.17, 15) is 40.4 Å². The molecule has 39 heavy (non-hydrogen) atoms. The molecule has 3 amide bonds. The van der Waals surface area contributed by atoms with E-state index in [4.69, 9.17) is 4.74 Å². The molecule has 4 rings (SSSR count). The van der Waals surface area contributed by atoms with Gasteiger partial charge in [0.1, 0.15) is 16.8 Å². The average molecular weight is 576 g/mol. The summed E-state index contributed by atoms with van der Waals surface area (Å²) in [6.45, 7) is 1.56. The number of anilines is 1. The Balaban J connectivity index is 1.54. The minimum absolute atomic E-state index is 0.137. The van der Waals surface area contributed by atoms with Gasteiger partial charge in [-0.3, -0.25) is 14.4 Å². The standard InChI is InChI=1S/C23H25F4N5O6S/c1-11-6-14(4-5-15(11)24)29-20(33)18-19-17(9-31(18)3)39(36,37)30-16-8-32(7-13(16)10-38-19)22(35)21(34)28-12(2)23(25,26)27/h4-6,9,12-13,16,30H,7-8,10H2,1-3H3,(H,28,34)(H,29,33)/t12-,13-,16+/m1/s1. The number of aryl methyl sites for hydroxylation is 2. The van der Waals surface area contributed by atoms with Crippen LogP contribution in [0.15, 0.2) is 29.3 Å². The van der Waals surface area contributed by atoms with E-state index in [1.807, 2.05) is 0 Å². The largest absolute Gasteiger partial charge is 0.489 e. The summed E-state index contributed by atoms with van der Waals surface area (Å²) in [6.07, 6.45) is -3.58. The molecule has 3 atom stereocenters. The molecule has 0 bridgehead atoms. The molecule has 2 aliphatic rings. The first-order chi connectivity index (χ1) is 18.1. The van der Waals surface area contributed by atoms with Crippen molar-refractivity contribution in [3.63, 3.8) is 0 Å². The number of likely N-dealkylation sites (tertiary alicyclic amines) is 1. The van der Waals surface area contributed by atoms with E-state index in [1.165, 1.54) is 42.9 Å². The van der Waals surface area contributed by atoms with E-state index in [2.05, 4.69) is 10.0 Å². The molecule has 16 heteroatoms. The average Bonchev–Trinajstić information content (AvgIpc) is 3.38. The van der Waals surface area contributed by atoms with Gasteiger partial charge in [0.05, 0.1) is 6.61 Å². The number of amides is 3. The number of fused-ring (bicyclic) bond motifs is 2. The molecule has 1 aromatic carbocycles. The van der Waals surface area contributed by atoms with Crippen LogP contribution in [0.4, 0.5) is 23.2 Å². The van der Waals surface area contributed by atoms with Gasteiger partial charge in [-0.05, 0) is 37.6 Å². The molecule has 2 aliphatic heterocycles. The van der Waals surface area contributed by atoms with Crippen molar-refractivity contribution in [3.8, 4) is 5.75 Å². The zero-order valence-electron chi connectivity index (χ0n) is 20.9. The van der Waals surface area contributed by atoms with Crippen LogP contribution in [0.5, 0.6) is 5.75 Å². The number of rotatable bonds is 3. The maximum Gasteiger partial charge on any atom is 0.408 e. The molecule has 1 aromatic heterocycles. The van der Waals surface area contributed by atoms with Crippen molar-refractivity contribution >= 4 is 33.4 Å². The normalized spacial score (nSPS) is 21.1. The Morgan fingerprint density at radius 3 is 2.54 bits per heavy atom. The van der Waals surface area contributed by atoms with Crippen LogP contribution in [0.25, 0.3) is 0 Å². The number of alkyl halides is 3. The predicted molar refractivity (Wildman–Crippen MR) is 128 cm³/mol. The van der Waals surface area contributed by atoms with Crippen LogP contribution in [0.2, 0.25) is 0 Å². The smallest absolute Gasteiger partial charge is 0.408 e. The van der Waals surface area contributed by atoms with Gasteiger partial charge in [0.25, 0.3) is 5.91 Å². The number of aromatic nitrogens is 1. The fraction of sp³-hybridized carbons (Fsp3) is 0.435. The van der Waals surface area contributed by atoms with Gasteiger partial charge in [-0.15, -0.1) is 0 Å². The van der Waals surface area contributed by atoms with Gasteiger partial charge in [0.2, 0.25) is 10.0 Å². The van der Waals surface area contributed by atoms with Crippen LogP contribution in [0.1, 0.15) is 23.0 Å².